The van der Waals surface area contributed by atoms with Crippen molar-refractivity contribution in [3.05, 3.63) is 42.5 Å². The minimum absolute atomic E-state index is 0.0777. The van der Waals surface area contributed by atoms with Crippen LogP contribution < -0.4 is 4.74 Å². The molecular formula is C14H15BrO2. The summed E-state index contributed by atoms with van der Waals surface area (Å²) in [6.07, 6.45) is 0.0777. The lowest BCUT2D eigenvalue weighted by Gasteiger charge is -2.14. The first-order valence-electron chi connectivity index (χ1n) is 5.54. The van der Waals surface area contributed by atoms with Gasteiger partial charge in [-0.15, -0.1) is 0 Å². The maximum Gasteiger partial charge on any atom is 0.127 e. The van der Waals surface area contributed by atoms with Crippen LogP contribution in [0, 0.1) is 0 Å². The Labute approximate surface area is 110 Å². The molecule has 0 aromatic heterocycles. The van der Waals surface area contributed by atoms with Crippen molar-refractivity contribution < 1.29 is 9.47 Å². The predicted molar refractivity (Wildman–Crippen MR) is 74.0 cm³/mol. The van der Waals surface area contributed by atoms with Gasteiger partial charge in [-0.25, -0.2) is 0 Å². The molecule has 0 aliphatic carbocycles. The highest BCUT2D eigenvalue weighted by atomic mass is 79.9. The van der Waals surface area contributed by atoms with Gasteiger partial charge in [-0.1, -0.05) is 52.3 Å². The van der Waals surface area contributed by atoms with E-state index in [1.807, 2.05) is 24.3 Å². The maximum atomic E-state index is 5.81. The summed E-state index contributed by atoms with van der Waals surface area (Å²) in [6.45, 7) is 0.551. The lowest BCUT2D eigenvalue weighted by atomic mass is 10.1. The smallest absolute Gasteiger partial charge is 0.127 e. The second-order valence-corrected chi connectivity index (χ2v) is 4.45. The number of methoxy groups -OCH3 is 1. The van der Waals surface area contributed by atoms with Gasteiger partial charge in [0.15, 0.2) is 0 Å². The Morgan fingerprint density at radius 2 is 1.88 bits per heavy atom. The molecular weight excluding hydrogens is 280 g/mol. The fourth-order valence-corrected chi connectivity index (χ4v) is 2.13. The van der Waals surface area contributed by atoms with Crippen molar-refractivity contribution in [3.63, 3.8) is 0 Å². The lowest BCUT2D eigenvalue weighted by molar-refractivity contribution is 0.0764. The Bertz CT molecular complexity index is 475. The maximum absolute atomic E-state index is 5.81. The van der Waals surface area contributed by atoms with E-state index in [1.54, 1.807) is 7.11 Å². The van der Waals surface area contributed by atoms with Crippen molar-refractivity contribution in [1.29, 1.82) is 0 Å². The summed E-state index contributed by atoms with van der Waals surface area (Å²) in [5.74, 6) is 0.908. The highest BCUT2D eigenvalue weighted by Gasteiger charge is 2.07. The molecule has 0 spiro atoms. The molecule has 17 heavy (non-hydrogen) atoms. The van der Waals surface area contributed by atoms with Crippen molar-refractivity contribution in [2.75, 3.05) is 19.0 Å². The van der Waals surface area contributed by atoms with E-state index in [9.17, 15) is 0 Å². The van der Waals surface area contributed by atoms with Crippen LogP contribution in [0.5, 0.6) is 5.75 Å². The van der Waals surface area contributed by atoms with Crippen LogP contribution in [0.15, 0.2) is 42.5 Å². The summed E-state index contributed by atoms with van der Waals surface area (Å²) in [7, 11) is 1.69. The molecule has 0 aliphatic heterocycles. The first-order valence-corrected chi connectivity index (χ1v) is 6.66. The Kier molecular flexibility index (Phi) is 4.40. The average Bonchev–Trinajstić information content (AvgIpc) is 2.40. The summed E-state index contributed by atoms with van der Waals surface area (Å²) in [4.78, 5) is 0. The van der Waals surface area contributed by atoms with Gasteiger partial charge in [-0.05, 0) is 11.5 Å². The van der Waals surface area contributed by atoms with E-state index in [2.05, 4.69) is 34.1 Å². The topological polar surface area (TPSA) is 18.5 Å². The van der Waals surface area contributed by atoms with Gasteiger partial charge in [-0.2, -0.15) is 0 Å². The third kappa shape index (κ3) is 2.99. The van der Waals surface area contributed by atoms with E-state index in [-0.39, 0.29) is 6.10 Å². The number of hydrogen-bond donors (Lipinski definition) is 0. The lowest BCUT2D eigenvalue weighted by Crippen LogP contribution is -2.21. The third-order valence-corrected chi connectivity index (χ3v) is 3.40. The van der Waals surface area contributed by atoms with Gasteiger partial charge in [0, 0.05) is 17.8 Å². The van der Waals surface area contributed by atoms with E-state index >= 15 is 0 Å². The Balaban J connectivity index is 2.18. The minimum atomic E-state index is 0.0777. The summed E-state index contributed by atoms with van der Waals surface area (Å²) < 4.78 is 11.1. The van der Waals surface area contributed by atoms with Gasteiger partial charge in [0.25, 0.3) is 0 Å². The van der Waals surface area contributed by atoms with Crippen LogP contribution in [0.2, 0.25) is 0 Å². The predicted octanol–water partition coefficient (Wildman–Crippen LogP) is 3.63. The zero-order chi connectivity index (χ0) is 12.1. The number of fused-ring (bicyclic) bond motifs is 1. The SMILES string of the molecule is COC(CBr)COc1cccc2ccccc12. The molecule has 2 aromatic rings. The van der Waals surface area contributed by atoms with Crippen LogP contribution in [0.25, 0.3) is 10.8 Å². The summed E-state index contributed by atoms with van der Waals surface area (Å²) >= 11 is 3.39. The number of alkyl halides is 1. The number of rotatable bonds is 5. The summed E-state index contributed by atoms with van der Waals surface area (Å²) in [6, 6.07) is 14.3. The van der Waals surface area contributed by atoms with Crippen molar-refractivity contribution in [2.45, 2.75) is 6.10 Å². The Morgan fingerprint density at radius 3 is 2.65 bits per heavy atom. The van der Waals surface area contributed by atoms with Gasteiger partial charge in [0.1, 0.15) is 18.5 Å². The normalized spacial score (nSPS) is 12.6. The van der Waals surface area contributed by atoms with Crippen molar-refractivity contribution in [3.8, 4) is 5.75 Å². The second kappa shape index (κ2) is 6.03. The molecule has 0 bridgehead atoms. The van der Waals surface area contributed by atoms with E-state index in [0.29, 0.717) is 6.61 Å². The molecule has 0 heterocycles. The number of halogens is 1. The molecule has 1 atom stereocenters. The second-order valence-electron chi connectivity index (χ2n) is 3.80. The number of hydrogen-bond acceptors (Lipinski definition) is 2. The van der Waals surface area contributed by atoms with Gasteiger partial charge >= 0.3 is 0 Å². The molecule has 2 aromatic carbocycles. The van der Waals surface area contributed by atoms with E-state index < -0.39 is 0 Å². The van der Waals surface area contributed by atoms with Crippen molar-refractivity contribution in [1.82, 2.24) is 0 Å². The van der Waals surface area contributed by atoms with Crippen molar-refractivity contribution in [2.24, 2.45) is 0 Å². The largest absolute Gasteiger partial charge is 0.490 e. The standard InChI is InChI=1S/C14H15BrO2/c1-16-12(9-15)10-17-14-8-4-6-11-5-2-3-7-13(11)14/h2-8,12H,9-10H2,1H3. The first kappa shape index (κ1) is 12.4. The van der Waals surface area contributed by atoms with Gasteiger partial charge in [0.2, 0.25) is 0 Å². The first-order chi connectivity index (χ1) is 8.35. The summed E-state index contributed by atoms with van der Waals surface area (Å²) in [5.41, 5.74) is 0. The van der Waals surface area contributed by atoms with Crippen LogP contribution >= 0.6 is 15.9 Å². The molecule has 0 radical (unpaired) electrons. The molecule has 0 aliphatic rings. The molecule has 0 amide bonds. The third-order valence-electron chi connectivity index (χ3n) is 2.68. The van der Waals surface area contributed by atoms with Crippen LogP contribution in [0.4, 0.5) is 0 Å². The Hall–Kier alpha value is -1.06. The highest BCUT2D eigenvalue weighted by molar-refractivity contribution is 9.09. The fourth-order valence-electron chi connectivity index (χ4n) is 1.68. The molecule has 2 nitrogen and oxygen atoms in total. The number of ether oxygens (including phenoxy) is 2. The molecule has 1 unspecified atom stereocenters. The van der Waals surface area contributed by atoms with E-state index in [0.717, 1.165) is 16.5 Å². The summed E-state index contributed by atoms with van der Waals surface area (Å²) in [5, 5.41) is 3.10. The molecule has 90 valence electrons. The fraction of sp³-hybridized carbons (Fsp3) is 0.286. The highest BCUT2D eigenvalue weighted by Crippen LogP contribution is 2.25. The van der Waals surface area contributed by atoms with E-state index in [4.69, 9.17) is 9.47 Å². The van der Waals surface area contributed by atoms with Gasteiger partial charge < -0.3 is 9.47 Å². The molecule has 3 heteroatoms. The molecule has 0 saturated heterocycles. The Morgan fingerprint density at radius 1 is 1.12 bits per heavy atom. The average molecular weight is 295 g/mol. The molecule has 2 rings (SSSR count). The zero-order valence-electron chi connectivity index (χ0n) is 9.73. The number of benzene rings is 2. The molecule has 0 fully saturated rings. The minimum Gasteiger partial charge on any atom is -0.490 e. The van der Waals surface area contributed by atoms with Gasteiger partial charge in [-0.3, -0.25) is 0 Å². The van der Waals surface area contributed by atoms with E-state index in [1.165, 1.54) is 5.39 Å². The van der Waals surface area contributed by atoms with Crippen LogP contribution in [0.1, 0.15) is 0 Å². The molecule has 0 N–H and O–H groups in total. The zero-order valence-corrected chi connectivity index (χ0v) is 11.3. The van der Waals surface area contributed by atoms with Crippen LogP contribution in [-0.2, 0) is 4.74 Å². The van der Waals surface area contributed by atoms with Gasteiger partial charge in [0.05, 0.1) is 0 Å². The van der Waals surface area contributed by atoms with Crippen molar-refractivity contribution >= 4 is 26.7 Å². The van der Waals surface area contributed by atoms with Crippen LogP contribution in [-0.4, -0.2) is 25.2 Å². The quantitative estimate of drug-likeness (QED) is 0.784. The monoisotopic (exact) mass is 294 g/mol. The van der Waals surface area contributed by atoms with Crippen LogP contribution in [0.3, 0.4) is 0 Å². The molecule has 0 saturated carbocycles.